The summed E-state index contributed by atoms with van der Waals surface area (Å²) in [6.07, 6.45) is 2.69. The first-order valence-corrected chi connectivity index (χ1v) is 14.2. The van der Waals surface area contributed by atoms with Crippen LogP contribution < -0.4 is 10.6 Å². The molecule has 3 N–H and O–H groups in total. The van der Waals surface area contributed by atoms with Crippen LogP contribution in [0, 0.1) is 5.41 Å². The molecule has 1 fully saturated rings. The Morgan fingerprint density at radius 3 is 2.63 bits per heavy atom. The fourth-order valence-electron chi connectivity index (χ4n) is 4.93. The fraction of sp³-hybridized carbons (Fsp3) is 0.355. The Morgan fingerprint density at radius 2 is 1.88 bits per heavy atom. The number of nitrogens with zero attached hydrogens (tertiary/aromatic N) is 5. The number of hydrogen-bond donors (Lipinski definition) is 2. The number of para-hydroxylation sites is 1. The van der Waals surface area contributed by atoms with E-state index in [1.54, 1.807) is 0 Å². The first-order chi connectivity index (χ1) is 19.6. The molecule has 2 aromatic heterocycles. The molecule has 0 aliphatic carbocycles. The maximum atomic E-state index is 12.0. The Hall–Kier alpha value is -3.95. The first-order valence-electron chi connectivity index (χ1n) is 13.8. The number of pyridine rings is 1. The minimum atomic E-state index is -0.417. The molecule has 3 heterocycles. The highest BCUT2D eigenvalue weighted by atomic mass is 35.5. The van der Waals surface area contributed by atoms with Crippen LogP contribution in [0.4, 0.5) is 5.69 Å². The summed E-state index contributed by atoms with van der Waals surface area (Å²) >= 11 is 6.40. The summed E-state index contributed by atoms with van der Waals surface area (Å²) in [5, 5.41) is 4.63. The molecule has 0 unspecified atom stereocenters. The molecule has 10 heteroatoms. The molecular formula is C31H36ClN7O2. The van der Waals surface area contributed by atoms with Crippen molar-refractivity contribution in [2.75, 3.05) is 31.1 Å². The number of aromatic amines is 1. The number of rotatable bonds is 8. The van der Waals surface area contributed by atoms with Gasteiger partial charge in [-0.05, 0) is 53.4 Å². The molecule has 0 spiro atoms. The molecule has 1 saturated heterocycles. The van der Waals surface area contributed by atoms with E-state index in [9.17, 15) is 4.79 Å². The predicted octanol–water partition coefficient (Wildman–Crippen LogP) is 5.12. The summed E-state index contributed by atoms with van der Waals surface area (Å²) in [4.78, 5) is 34.5. The molecule has 9 nitrogen and oxygen atoms in total. The third kappa shape index (κ3) is 7.62. The number of anilines is 1. The molecule has 0 saturated carbocycles. The van der Waals surface area contributed by atoms with Gasteiger partial charge in [-0.2, -0.15) is 0 Å². The van der Waals surface area contributed by atoms with E-state index in [2.05, 4.69) is 43.1 Å². The number of nitrogens with one attached hydrogen (secondary N) is 1. The van der Waals surface area contributed by atoms with E-state index in [1.165, 1.54) is 5.56 Å². The van der Waals surface area contributed by atoms with Crippen molar-refractivity contribution in [2.45, 2.75) is 40.2 Å². The molecule has 0 amide bonds. The minimum Gasteiger partial charge on any atom is -0.380 e. The van der Waals surface area contributed by atoms with Crippen LogP contribution in [-0.4, -0.2) is 57.8 Å². The van der Waals surface area contributed by atoms with Gasteiger partial charge in [0.25, 0.3) is 0 Å². The zero-order valence-electron chi connectivity index (χ0n) is 23.7. The summed E-state index contributed by atoms with van der Waals surface area (Å²) in [5.41, 5.74) is 11.5. The Kier molecular flexibility index (Phi) is 8.56. The van der Waals surface area contributed by atoms with E-state index >= 15 is 0 Å². The average Bonchev–Trinajstić information content (AvgIpc) is 3.33. The standard InChI is InChI=1S/C31H36ClN7O2/c1-31(2,3)19-29(40)41-37-30(33)22-8-9-25-26(17-22)36-28(35-25)18-23-16-21(10-11-34-23)20-38-12-14-39(15-13-38)27-7-5-4-6-24(27)32/h4-11,16-17H,12-15,18-20H2,1-3H3,(H2,33,37)(H,35,36). The molecule has 214 valence electrons. The van der Waals surface area contributed by atoms with Gasteiger partial charge in [0.05, 0.1) is 28.2 Å². The van der Waals surface area contributed by atoms with Gasteiger partial charge in [0.1, 0.15) is 5.82 Å². The van der Waals surface area contributed by atoms with Gasteiger partial charge in [0, 0.05) is 56.6 Å². The normalized spacial score (nSPS) is 14.9. The van der Waals surface area contributed by atoms with Crippen molar-refractivity contribution in [2.24, 2.45) is 16.3 Å². The number of hydrogen-bond acceptors (Lipinski definition) is 7. The average molecular weight is 574 g/mol. The van der Waals surface area contributed by atoms with Gasteiger partial charge in [-0.15, -0.1) is 0 Å². The molecule has 0 radical (unpaired) electrons. The Morgan fingerprint density at radius 1 is 1.10 bits per heavy atom. The molecule has 41 heavy (non-hydrogen) atoms. The third-order valence-corrected chi connectivity index (χ3v) is 7.27. The highest BCUT2D eigenvalue weighted by molar-refractivity contribution is 6.33. The lowest BCUT2D eigenvalue weighted by Gasteiger charge is -2.36. The minimum absolute atomic E-state index is 0.132. The van der Waals surface area contributed by atoms with Crippen molar-refractivity contribution < 1.29 is 9.63 Å². The van der Waals surface area contributed by atoms with Crippen LogP contribution in [0.1, 0.15) is 49.8 Å². The van der Waals surface area contributed by atoms with E-state index in [-0.39, 0.29) is 17.7 Å². The van der Waals surface area contributed by atoms with E-state index in [0.29, 0.717) is 12.0 Å². The highest BCUT2D eigenvalue weighted by Gasteiger charge is 2.20. The zero-order valence-corrected chi connectivity index (χ0v) is 24.5. The molecule has 2 aromatic carbocycles. The van der Waals surface area contributed by atoms with Crippen LogP contribution in [0.3, 0.4) is 0 Å². The van der Waals surface area contributed by atoms with Gasteiger partial charge >= 0.3 is 5.97 Å². The molecule has 1 aliphatic rings. The number of aromatic nitrogens is 3. The number of H-pyrrole nitrogens is 1. The van der Waals surface area contributed by atoms with E-state index in [1.807, 2.05) is 63.4 Å². The second kappa shape index (κ2) is 12.3. The smallest absolute Gasteiger partial charge is 0.335 e. The summed E-state index contributed by atoms with van der Waals surface area (Å²) in [6, 6.07) is 17.8. The lowest BCUT2D eigenvalue weighted by atomic mass is 9.93. The number of nitrogens with two attached hydrogens (primary N) is 1. The topological polar surface area (TPSA) is 113 Å². The maximum Gasteiger partial charge on any atom is 0.335 e. The molecule has 0 bridgehead atoms. The number of imidazole rings is 1. The quantitative estimate of drug-likeness (QED) is 0.130. The number of carbonyl (C=O) groups is 1. The number of carbonyl (C=O) groups excluding carboxylic acids is 1. The van der Waals surface area contributed by atoms with Gasteiger partial charge in [-0.1, -0.05) is 49.7 Å². The lowest BCUT2D eigenvalue weighted by molar-refractivity contribution is -0.145. The molecule has 4 aromatic rings. The number of benzene rings is 2. The van der Waals surface area contributed by atoms with Gasteiger partial charge < -0.3 is 20.5 Å². The molecular weight excluding hydrogens is 538 g/mol. The SMILES string of the molecule is CC(C)(C)CC(=O)O/N=C(\N)c1ccc2nc(Cc3cc(CN4CCN(c5ccccc5Cl)CC4)ccn3)[nH]c2c1. The van der Waals surface area contributed by atoms with Crippen molar-refractivity contribution in [1.29, 1.82) is 0 Å². The second-order valence-electron chi connectivity index (χ2n) is 11.6. The summed E-state index contributed by atoms with van der Waals surface area (Å²) in [7, 11) is 0. The van der Waals surface area contributed by atoms with Crippen molar-refractivity contribution in [1.82, 2.24) is 19.9 Å². The van der Waals surface area contributed by atoms with Crippen molar-refractivity contribution in [3.8, 4) is 0 Å². The number of halogens is 1. The summed E-state index contributed by atoms with van der Waals surface area (Å²) < 4.78 is 0. The van der Waals surface area contributed by atoms with Crippen LogP contribution in [0.15, 0.2) is 65.9 Å². The third-order valence-electron chi connectivity index (χ3n) is 6.95. The molecule has 5 rings (SSSR count). The van der Waals surface area contributed by atoms with Gasteiger partial charge in [0.2, 0.25) is 0 Å². The lowest BCUT2D eigenvalue weighted by Crippen LogP contribution is -2.46. The van der Waals surface area contributed by atoms with Crippen molar-refractivity contribution in [3.63, 3.8) is 0 Å². The largest absolute Gasteiger partial charge is 0.380 e. The van der Waals surface area contributed by atoms with E-state index in [4.69, 9.17) is 27.2 Å². The van der Waals surface area contributed by atoms with Gasteiger partial charge in [-0.3, -0.25) is 9.88 Å². The number of fused-ring (bicyclic) bond motifs is 1. The zero-order chi connectivity index (χ0) is 29.0. The highest BCUT2D eigenvalue weighted by Crippen LogP contribution is 2.26. The maximum absolute atomic E-state index is 12.0. The number of piperazine rings is 1. The van der Waals surface area contributed by atoms with Crippen LogP contribution in [-0.2, 0) is 22.6 Å². The van der Waals surface area contributed by atoms with Crippen molar-refractivity contribution in [3.05, 3.63) is 88.5 Å². The predicted molar refractivity (Wildman–Crippen MR) is 163 cm³/mol. The van der Waals surface area contributed by atoms with Crippen LogP contribution >= 0.6 is 11.6 Å². The fourth-order valence-corrected chi connectivity index (χ4v) is 5.19. The summed E-state index contributed by atoms with van der Waals surface area (Å²) in [6.45, 7) is 10.6. The van der Waals surface area contributed by atoms with Gasteiger partial charge in [-0.25, -0.2) is 9.78 Å². The molecule has 0 atom stereocenters. The van der Waals surface area contributed by atoms with E-state index in [0.717, 1.165) is 66.0 Å². The Bertz CT molecular complexity index is 1550. The first kappa shape index (κ1) is 28.6. The van der Waals surface area contributed by atoms with E-state index < -0.39 is 5.97 Å². The van der Waals surface area contributed by atoms with Crippen LogP contribution in [0.25, 0.3) is 11.0 Å². The summed E-state index contributed by atoms with van der Waals surface area (Å²) in [5.74, 6) is 0.522. The van der Waals surface area contributed by atoms with Gasteiger partial charge in [0.15, 0.2) is 5.84 Å². The van der Waals surface area contributed by atoms with Crippen molar-refractivity contribution >= 4 is 40.1 Å². The van der Waals surface area contributed by atoms with Crippen LogP contribution in [0.2, 0.25) is 5.02 Å². The number of amidine groups is 1. The molecule has 1 aliphatic heterocycles. The van der Waals surface area contributed by atoms with Crippen LogP contribution in [0.5, 0.6) is 0 Å². The Balaban J connectivity index is 1.19. The number of oxime groups is 1. The Labute approximate surface area is 245 Å². The monoisotopic (exact) mass is 573 g/mol. The second-order valence-corrected chi connectivity index (χ2v) is 12.0.